The van der Waals surface area contributed by atoms with Crippen LogP contribution in [-0.4, -0.2) is 42.4 Å². The number of carbonyl (C=O) groups excluding carboxylic acids is 2. The number of ether oxygens (including phenoxy) is 1. The molecule has 140 valence electrons. The van der Waals surface area contributed by atoms with Gasteiger partial charge in [0.1, 0.15) is 10.6 Å². The quantitative estimate of drug-likeness (QED) is 0.774. The Morgan fingerprint density at radius 1 is 1.38 bits per heavy atom. The number of benzene rings is 1. The van der Waals surface area contributed by atoms with Gasteiger partial charge < -0.3 is 15.0 Å². The van der Waals surface area contributed by atoms with Crippen LogP contribution in [0.25, 0.3) is 0 Å². The van der Waals surface area contributed by atoms with Crippen LogP contribution in [0, 0.1) is 6.92 Å². The van der Waals surface area contributed by atoms with Crippen LogP contribution in [0.15, 0.2) is 18.2 Å². The minimum Gasteiger partial charge on any atom is -0.495 e. The predicted octanol–water partition coefficient (Wildman–Crippen LogP) is 3.78. The molecule has 0 radical (unpaired) electrons. The van der Waals surface area contributed by atoms with E-state index in [1.165, 1.54) is 23.3 Å². The summed E-state index contributed by atoms with van der Waals surface area (Å²) in [6.45, 7) is 3.79. The molecule has 0 aliphatic carbocycles. The molecule has 1 N–H and O–H groups in total. The molecule has 8 heteroatoms. The van der Waals surface area contributed by atoms with Crippen molar-refractivity contribution in [3.8, 4) is 5.75 Å². The Labute approximate surface area is 162 Å². The number of rotatable bonds is 7. The second-order valence-electron chi connectivity index (χ2n) is 5.83. The molecule has 0 spiro atoms. The average Bonchev–Trinajstić information content (AvgIpc) is 2.95. The highest BCUT2D eigenvalue weighted by Crippen LogP contribution is 2.27. The third-order valence-electron chi connectivity index (χ3n) is 3.66. The SMILES string of the molecule is CCCc1nc(C)c(C(=O)N(C)CC(=O)Nc2cc(Cl)ccc2OC)s1. The van der Waals surface area contributed by atoms with E-state index in [4.69, 9.17) is 16.3 Å². The Bertz CT molecular complexity index is 807. The molecule has 0 aliphatic rings. The minimum atomic E-state index is -0.336. The molecule has 26 heavy (non-hydrogen) atoms. The van der Waals surface area contributed by atoms with Gasteiger partial charge in [-0.05, 0) is 38.0 Å². The molecule has 1 heterocycles. The highest BCUT2D eigenvalue weighted by atomic mass is 35.5. The van der Waals surface area contributed by atoms with Crippen molar-refractivity contribution in [2.75, 3.05) is 26.0 Å². The topological polar surface area (TPSA) is 71.5 Å². The van der Waals surface area contributed by atoms with E-state index in [0.29, 0.717) is 27.0 Å². The number of hydrogen-bond donors (Lipinski definition) is 1. The van der Waals surface area contributed by atoms with Gasteiger partial charge in [0, 0.05) is 12.1 Å². The molecule has 0 saturated heterocycles. The number of nitrogens with zero attached hydrogens (tertiary/aromatic N) is 2. The van der Waals surface area contributed by atoms with Gasteiger partial charge in [0.25, 0.3) is 5.91 Å². The molecule has 0 saturated carbocycles. The van der Waals surface area contributed by atoms with Crippen LogP contribution in [-0.2, 0) is 11.2 Å². The molecule has 0 fully saturated rings. The van der Waals surface area contributed by atoms with E-state index in [-0.39, 0.29) is 18.4 Å². The smallest absolute Gasteiger partial charge is 0.266 e. The third kappa shape index (κ3) is 4.95. The molecular weight excluding hydrogens is 374 g/mol. The molecular formula is C18H22ClN3O3S. The molecule has 0 bridgehead atoms. The number of carbonyl (C=O) groups is 2. The standard InChI is InChI=1S/C18H22ClN3O3S/c1-5-6-16-20-11(2)17(26-16)18(24)22(3)10-15(23)21-13-9-12(19)7-8-14(13)25-4/h7-9H,5-6,10H2,1-4H3,(H,21,23). The number of hydrogen-bond acceptors (Lipinski definition) is 5. The summed E-state index contributed by atoms with van der Waals surface area (Å²) in [7, 11) is 3.10. The van der Waals surface area contributed by atoms with Crippen molar-refractivity contribution >= 4 is 40.4 Å². The zero-order valence-electron chi connectivity index (χ0n) is 15.3. The maximum Gasteiger partial charge on any atom is 0.266 e. The summed E-state index contributed by atoms with van der Waals surface area (Å²) in [4.78, 5) is 31.3. The highest BCUT2D eigenvalue weighted by molar-refractivity contribution is 7.13. The van der Waals surface area contributed by atoms with Crippen LogP contribution in [0.5, 0.6) is 5.75 Å². The number of likely N-dealkylation sites (N-methyl/N-ethyl adjacent to an activating group) is 1. The molecule has 1 aromatic heterocycles. The zero-order chi connectivity index (χ0) is 19.3. The van der Waals surface area contributed by atoms with E-state index in [1.807, 2.05) is 6.92 Å². The summed E-state index contributed by atoms with van der Waals surface area (Å²) in [6, 6.07) is 4.94. The second kappa shape index (κ2) is 9.00. The summed E-state index contributed by atoms with van der Waals surface area (Å²) < 4.78 is 5.20. The fraction of sp³-hybridized carbons (Fsp3) is 0.389. The highest BCUT2D eigenvalue weighted by Gasteiger charge is 2.21. The summed E-state index contributed by atoms with van der Waals surface area (Å²) in [5.74, 6) is -0.0489. The van der Waals surface area contributed by atoms with Gasteiger partial charge in [0.2, 0.25) is 5.91 Å². The number of nitrogens with one attached hydrogen (secondary N) is 1. The van der Waals surface area contributed by atoms with E-state index in [9.17, 15) is 9.59 Å². The first-order valence-electron chi connectivity index (χ1n) is 8.20. The van der Waals surface area contributed by atoms with Crippen LogP contribution in [0.2, 0.25) is 5.02 Å². The Morgan fingerprint density at radius 2 is 2.12 bits per heavy atom. The number of aryl methyl sites for hydroxylation is 2. The van der Waals surface area contributed by atoms with Crippen molar-refractivity contribution in [2.24, 2.45) is 0 Å². The Hall–Kier alpha value is -2.12. The maximum absolute atomic E-state index is 12.6. The lowest BCUT2D eigenvalue weighted by Gasteiger charge is -2.17. The Kier molecular flexibility index (Phi) is 6.99. The van der Waals surface area contributed by atoms with Crippen LogP contribution < -0.4 is 10.1 Å². The summed E-state index contributed by atoms with van der Waals surface area (Å²) in [5, 5.41) is 4.15. The minimum absolute atomic E-state index is 0.0883. The first-order chi connectivity index (χ1) is 12.3. The largest absolute Gasteiger partial charge is 0.495 e. The monoisotopic (exact) mass is 395 g/mol. The van der Waals surface area contributed by atoms with Gasteiger partial charge in [-0.1, -0.05) is 18.5 Å². The van der Waals surface area contributed by atoms with E-state index in [0.717, 1.165) is 17.8 Å². The number of aromatic nitrogens is 1. The summed E-state index contributed by atoms with van der Waals surface area (Å²) in [6.07, 6.45) is 1.82. The van der Waals surface area contributed by atoms with Crippen LogP contribution in [0.3, 0.4) is 0 Å². The van der Waals surface area contributed by atoms with Crippen molar-refractivity contribution in [2.45, 2.75) is 26.7 Å². The zero-order valence-corrected chi connectivity index (χ0v) is 16.8. The molecule has 2 amide bonds. The predicted molar refractivity (Wildman–Crippen MR) is 104 cm³/mol. The van der Waals surface area contributed by atoms with Gasteiger partial charge in [-0.2, -0.15) is 0 Å². The maximum atomic E-state index is 12.6. The van der Waals surface area contributed by atoms with E-state index < -0.39 is 0 Å². The van der Waals surface area contributed by atoms with Crippen molar-refractivity contribution in [1.29, 1.82) is 0 Å². The number of anilines is 1. The number of thiazole rings is 1. The molecule has 6 nitrogen and oxygen atoms in total. The van der Waals surface area contributed by atoms with Crippen molar-refractivity contribution < 1.29 is 14.3 Å². The molecule has 1 aromatic carbocycles. The first kappa shape index (κ1) is 20.2. The molecule has 0 unspecified atom stereocenters. The van der Waals surface area contributed by atoms with Crippen molar-refractivity contribution in [3.05, 3.63) is 38.8 Å². The van der Waals surface area contributed by atoms with Crippen LogP contribution in [0.1, 0.15) is 33.7 Å². The van der Waals surface area contributed by atoms with Crippen molar-refractivity contribution in [3.63, 3.8) is 0 Å². The average molecular weight is 396 g/mol. The second-order valence-corrected chi connectivity index (χ2v) is 7.35. The number of halogens is 1. The molecule has 2 aromatic rings. The lowest BCUT2D eigenvalue weighted by Crippen LogP contribution is -2.34. The fourth-order valence-corrected chi connectivity index (χ4v) is 3.73. The molecule has 0 aliphatic heterocycles. The van der Waals surface area contributed by atoms with E-state index in [2.05, 4.69) is 17.2 Å². The van der Waals surface area contributed by atoms with Crippen molar-refractivity contribution in [1.82, 2.24) is 9.88 Å². The molecule has 0 atom stereocenters. The number of methoxy groups -OCH3 is 1. The van der Waals surface area contributed by atoms with Gasteiger partial charge in [-0.15, -0.1) is 11.3 Å². The van der Waals surface area contributed by atoms with Crippen LogP contribution >= 0.6 is 22.9 Å². The van der Waals surface area contributed by atoms with Gasteiger partial charge in [0.05, 0.1) is 30.0 Å². The van der Waals surface area contributed by atoms with Gasteiger partial charge in [-0.3, -0.25) is 9.59 Å². The fourth-order valence-electron chi connectivity index (χ4n) is 2.40. The first-order valence-corrected chi connectivity index (χ1v) is 9.40. The number of amides is 2. The van der Waals surface area contributed by atoms with Gasteiger partial charge in [-0.25, -0.2) is 4.98 Å². The Morgan fingerprint density at radius 3 is 2.77 bits per heavy atom. The van der Waals surface area contributed by atoms with Gasteiger partial charge in [0.15, 0.2) is 0 Å². The Balaban J connectivity index is 2.05. The normalized spacial score (nSPS) is 10.5. The van der Waals surface area contributed by atoms with E-state index >= 15 is 0 Å². The van der Waals surface area contributed by atoms with E-state index in [1.54, 1.807) is 25.2 Å². The summed E-state index contributed by atoms with van der Waals surface area (Å²) >= 11 is 7.35. The lowest BCUT2D eigenvalue weighted by atomic mass is 10.3. The van der Waals surface area contributed by atoms with Crippen LogP contribution in [0.4, 0.5) is 5.69 Å². The summed E-state index contributed by atoms with van der Waals surface area (Å²) in [5.41, 5.74) is 1.16. The molecule has 2 rings (SSSR count). The van der Waals surface area contributed by atoms with Gasteiger partial charge >= 0.3 is 0 Å². The third-order valence-corrected chi connectivity index (χ3v) is 5.10. The lowest BCUT2D eigenvalue weighted by molar-refractivity contribution is -0.116.